The van der Waals surface area contributed by atoms with Gasteiger partial charge in [-0.15, -0.1) is 0 Å². The lowest BCUT2D eigenvalue weighted by Gasteiger charge is -2.05. The smallest absolute Gasteiger partial charge is 0.227 e. The van der Waals surface area contributed by atoms with Crippen molar-refractivity contribution in [2.24, 2.45) is 0 Å². The number of ketones is 1. The minimum Gasteiger partial charge on any atom is -0.352 e. The monoisotopic (exact) mass is 345 g/mol. The Balaban J connectivity index is 1.77. The highest BCUT2D eigenvalue weighted by Crippen LogP contribution is 2.11. The van der Waals surface area contributed by atoms with Gasteiger partial charge in [0.15, 0.2) is 0 Å². The predicted octanol–water partition coefficient (Wildman–Crippen LogP) is 3.27. The Hall–Kier alpha value is -1.94. The van der Waals surface area contributed by atoms with Gasteiger partial charge in [0.05, 0.1) is 6.42 Å². The van der Waals surface area contributed by atoms with Crippen LogP contribution in [0.1, 0.15) is 17.5 Å². The number of hydrogen-bond acceptors (Lipinski definition) is 2. The van der Waals surface area contributed by atoms with E-state index < -0.39 is 0 Å². The molecule has 0 unspecified atom stereocenters. The predicted molar refractivity (Wildman–Crippen MR) is 85.8 cm³/mol. The summed E-state index contributed by atoms with van der Waals surface area (Å²) in [5.41, 5.74) is 1.94. The molecule has 21 heavy (non-hydrogen) atoms. The number of amides is 1. The molecule has 2 aromatic carbocycles. The van der Waals surface area contributed by atoms with Gasteiger partial charge in [0.25, 0.3) is 0 Å². The van der Waals surface area contributed by atoms with E-state index in [1.165, 1.54) is 0 Å². The minimum absolute atomic E-state index is 0.0805. The maximum absolute atomic E-state index is 11.8. The molecule has 0 aliphatic heterocycles. The van der Waals surface area contributed by atoms with Gasteiger partial charge in [-0.1, -0.05) is 58.4 Å². The van der Waals surface area contributed by atoms with Gasteiger partial charge in [-0.25, -0.2) is 0 Å². The van der Waals surface area contributed by atoms with Crippen molar-refractivity contribution in [2.45, 2.75) is 19.4 Å². The molecule has 0 aromatic heterocycles. The molecule has 0 radical (unpaired) electrons. The zero-order chi connectivity index (χ0) is 15.1. The topological polar surface area (TPSA) is 46.2 Å². The Bertz CT molecular complexity index is 608. The van der Waals surface area contributed by atoms with Crippen LogP contribution in [0.25, 0.3) is 0 Å². The second-order valence-electron chi connectivity index (χ2n) is 4.78. The Morgan fingerprint density at radius 3 is 2.24 bits per heavy atom. The lowest BCUT2D eigenvalue weighted by atomic mass is 10.1. The molecule has 0 fully saturated rings. The largest absolute Gasteiger partial charge is 0.352 e. The van der Waals surface area contributed by atoms with Gasteiger partial charge in [-0.2, -0.15) is 0 Å². The molecule has 0 saturated carbocycles. The number of benzene rings is 2. The SMILES string of the molecule is O=C(CC(=O)NCc1ccccc1)Cc1ccc(Br)cc1. The van der Waals surface area contributed by atoms with Crippen molar-refractivity contribution in [3.05, 3.63) is 70.2 Å². The fraction of sp³-hybridized carbons (Fsp3) is 0.176. The number of Topliss-reactive ketones (excluding diaryl/α,β-unsaturated/α-hetero) is 1. The zero-order valence-electron chi connectivity index (χ0n) is 11.5. The third-order valence-electron chi connectivity index (χ3n) is 3.00. The Kier molecular flexibility index (Phi) is 5.69. The van der Waals surface area contributed by atoms with E-state index in [4.69, 9.17) is 0 Å². The van der Waals surface area contributed by atoms with Gasteiger partial charge in [-0.3, -0.25) is 9.59 Å². The first-order valence-electron chi connectivity index (χ1n) is 6.70. The molecule has 0 saturated heterocycles. The average molecular weight is 346 g/mol. The van der Waals surface area contributed by atoms with E-state index in [1.54, 1.807) is 0 Å². The van der Waals surface area contributed by atoms with Gasteiger partial charge >= 0.3 is 0 Å². The number of carbonyl (C=O) groups excluding carboxylic acids is 2. The Labute approximate surface area is 132 Å². The molecule has 1 amide bonds. The summed E-state index contributed by atoms with van der Waals surface area (Å²) in [5, 5.41) is 2.76. The van der Waals surface area contributed by atoms with E-state index in [0.29, 0.717) is 6.54 Å². The van der Waals surface area contributed by atoms with Gasteiger partial charge < -0.3 is 5.32 Å². The maximum Gasteiger partial charge on any atom is 0.227 e. The molecule has 108 valence electrons. The van der Waals surface area contributed by atoms with E-state index in [0.717, 1.165) is 15.6 Å². The molecule has 0 heterocycles. The fourth-order valence-corrected chi connectivity index (χ4v) is 2.19. The minimum atomic E-state index is -0.235. The summed E-state index contributed by atoms with van der Waals surface area (Å²) in [6.07, 6.45) is 0.203. The van der Waals surface area contributed by atoms with Gasteiger partial charge in [0, 0.05) is 17.4 Å². The van der Waals surface area contributed by atoms with Crippen LogP contribution in [0.4, 0.5) is 0 Å². The normalized spacial score (nSPS) is 10.1. The standard InChI is InChI=1S/C17H16BrNO2/c18-15-8-6-13(7-9-15)10-16(20)11-17(21)19-12-14-4-2-1-3-5-14/h1-9H,10-12H2,(H,19,21). The van der Waals surface area contributed by atoms with E-state index in [9.17, 15) is 9.59 Å². The molecule has 3 nitrogen and oxygen atoms in total. The number of nitrogens with one attached hydrogen (secondary N) is 1. The molecule has 0 aliphatic rings. The van der Waals surface area contributed by atoms with Crippen LogP contribution in [0, 0.1) is 0 Å². The fourth-order valence-electron chi connectivity index (χ4n) is 1.93. The van der Waals surface area contributed by atoms with E-state index >= 15 is 0 Å². The summed E-state index contributed by atoms with van der Waals surface area (Å²) in [6.45, 7) is 0.450. The Morgan fingerprint density at radius 2 is 1.57 bits per heavy atom. The number of halogens is 1. The number of carbonyl (C=O) groups is 2. The summed E-state index contributed by atoms with van der Waals surface area (Å²) in [7, 11) is 0. The first kappa shape index (κ1) is 15.4. The lowest BCUT2D eigenvalue weighted by Crippen LogP contribution is -2.25. The van der Waals surface area contributed by atoms with Gasteiger partial charge in [0.1, 0.15) is 5.78 Å². The van der Waals surface area contributed by atoms with Crippen molar-refractivity contribution in [1.29, 1.82) is 0 Å². The third-order valence-corrected chi connectivity index (χ3v) is 3.53. The van der Waals surface area contributed by atoms with Crippen LogP contribution >= 0.6 is 15.9 Å². The van der Waals surface area contributed by atoms with Crippen molar-refractivity contribution in [3.8, 4) is 0 Å². The molecule has 0 atom stereocenters. The first-order valence-corrected chi connectivity index (χ1v) is 7.49. The van der Waals surface area contributed by atoms with Crippen LogP contribution < -0.4 is 5.32 Å². The van der Waals surface area contributed by atoms with E-state index in [-0.39, 0.29) is 24.5 Å². The quantitative estimate of drug-likeness (QED) is 0.816. The zero-order valence-corrected chi connectivity index (χ0v) is 13.1. The first-order chi connectivity index (χ1) is 10.1. The van der Waals surface area contributed by atoms with E-state index in [1.807, 2.05) is 54.6 Å². The van der Waals surface area contributed by atoms with Gasteiger partial charge in [0.2, 0.25) is 5.91 Å². The molecular weight excluding hydrogens is 330 g/mol. The molecule has 0 bridgehead atoms. The highest BCUT2D eigenvalue weighted by molar-refractivity contribution is 9.10. The highest BCUT2D eigenvalue weighted by Gasteiger charge is 2.10. The van der Waals surface area contributed by atoms with Crippen molar-refractivity contribution in [2.75, 3.05) is 0 Å². The maximum atomic E-state index is 11.8. The summed E-state index contributed by atoms with van der Waals surface area (Å²) in [6, 6.07) is 17.2. The second kappa shape index (κ2) is 7.74. The second-order valence-corrected chi connectivity index (χ2v) is 5.70. The van der Waals surface area contributed by atoms with Crippen LogP contribution in [0.2, 0.25) is 0 Å². The molecule has 4 heteroatoms. The number of rotatable bonds is 6. The summed E-state index contributed by atoms with van der Waals surface area (Å²) in [4.78, 5) is 23.6. The summed E-state index contributed by atoms with van der Waals surface area (Å²) in [5.74, 6) is -0.316. The average Bonchev–Trinajstić information content (AvgIpc) is 2.48. The lowest BCUT2D eigenvalue weighted by molar-refractivity contribution is -0.127. The molecule has 2 aromatic rings. The number of hydrogen-bond donors (Lipinski definition) is 1. The van der Waals surface area contributed by atoms with Crippen LogP contribution in [0.3, 0.4) is 0 Å². The van der Waals surface area contributed by atoms with Gasteiger partial charge in [-0.05, 0) is 23.3 Å². The summed E-state index contributed by atoms with van der Waals surface area (Å²) < 4.78 is 0.972. The Morgan fingerprint density at radius 1 is 0.905 bits per heavy atom. The van der Waals surface area contributed by atoms with Crippen LogP contribution in [-0.2, 0) is 22.6 Å². The molecule has 0 spiro atoms. The van der Waals surface area contributed by atoms with Crippen LogP contribution in [0.15, 0.2) is 59.1 Å². The van der Waals surface area contributed by atoms with Crippen molar-refractivity contribution in [1.82, 2.24) is 5.32 Å². The molecule has 1 N–H and O–H groups in total. The van der Waals surface area contributed by atoms with Crippen LogP contribution in [-0.4, -0.2) is 11.7 Å². The van der Waals surface area contributed by atoms with Crippen molar-refractivity contribution < 1.29 is 9.59 Å². The molecule has 2 rings (SSSR count). The molecular formula is C17H16BrNO2. The molecule has 0 aliphatic carbocycles. The summed E-state index contributed by atoms with van der Waals surface area (Å²) >= 11 is 3.35. The third kappa shape index (κ3) is 5.52. The highest BCUT2D eigenvalue weighted by atomic mass is 79.9. The van der Waals surface area contributed by atoms with Crippen molar-refractivity contribution >= 4 is 27.6 Å². The van der Waals surface area contributed by atoms with Crippen molar-refractivity contribution in [3.63, 3.8) is 0 Å². The van der Waals surface area contributed by atoms with E-state index in [2.05, 4.69) is 21.2 Å². The van der Waals surface area contributed by atoms with Crippen LogP contribution in [0.5, 0.6) is 0 Å².